The zero-order chi connectivity index (χ0) is 14.7. The van der Waals surface area contributed by atoms with E-state index in [1.54, 1.807) is 6.20 Å². The average molecular weight is 285 g/mol. The first-order valence-electron chi connectivity index (χ1n) is 7.77. The largest absolute Gasteiger partial charge is 0.397 e. The number of fused-ring (bicyclic) bond motifs is 1. The zero-order valence-corrected chi connectivity index (χ0v) is 12.3. The van der Waals surface area contributed by atoms with E-state index in [0.29, 0.717) is 12.2 Å². The number of benzene rings is 1. The third-order valence-corrected chi connectivity index (χ3v) is 4.47. The van der Waals surface area contributed by atoms with Crippen LogP contribution in [0.4, 0.5) is 11.4 Å². The number of nitrogens with zero attached hydrogens (tertiary/aromatic N) is 1. The first-order chi connectivity index (χ1) is 10.2. The van der Waals surface area contributed by atoms with Gasteiger partial charge in [-0.1, -0.05) is 25.7 Å². The molecule has 3 rings (SSSR count). The van der Waals surface area contributed by atoms with E-state index in [0.717, 1.165) is 42.3 Å². The molecule has 0 spiro atoms. The Kier molecular flexibility index (Phi) is 3.97. The highest BCUT2D eigenvalue weighted by molar-refractivity contribution is 5.96. The molecular formula is C17H23N3O. The van der Waals surface area contributed by atoms with Gasteiger partial charge >= 0.3 is 0 Å². The third kappa shape index (κ3) is 3.10. The fourth-order valence-electron chi connectivity index (χ4n) is 3.15. The summed E-state index contributed by atoms with van der Waals surface area (Å²) in [4.78, 5) is 4.30. The zero-order valence-electron chi connectivity index (χ0n) is 12.3. The van der Waals surface area contributed by atoms with Crippen LogP contribution in [-0.4, -0.2) is 22.2 Å². The van der Waals surface area contributed by atoms with Gasteiger partial charge in [-0.25, -0.2) is 0 Å². The number of rotatable bonds is 3. The second-order valence-electron chi connectivity index (χ2n) is 6.09. The van der Waals surface area contributed by atoms with Gasteiger partial charge in [-0.2, -0.15) is 0 Å². The van der Waals surface area contributed by atoms with Gasteiger partial charge in [0.05, 0.1) is 22.5 Å². The van der Waals surface area contributed by atoms with E-state index in [-0.39, 0.29) is 0 Å². The Morgan fingerprint density at radius 1 is 1.14 bits per heavy atom. The Morgan fingerprint density at radius 2 is 1.90 bits per heavy atom. The Labute approximate surface area is 125 Å². The first kappa shape index (κ1) is 14.1. The lowest BCUT2D eigenvalue weighted by atomic mass is 9.94. The molecule has 1 aliphatic carbocycles. The summed E-state index contributed by atoms with van der Waals surface area (Å²) >= 11 is 0. The van der Waals surface area contributed by atoms with Crippen LogP contribution < -0.4 is 11.1 Å². The van der Waals surface area contributed by atoms with E-state index in [1.807, 2.05) is 24.3 Å². The number of pyridine rings is 1. The Hall–Kier alpha value is -1.81. The maximum atomic E-state index is 10.7. The van der Waals surface area contributed by atoms with Gasteiger partial charge in [0.1, 0.15) is 0 Å². The van der Waals surface area contributed by atoms with Crippen LogP contribution in [0.25, 0.3) is 10.9 Å². The maximum Gasteiger partial charge on any atom is 0.0819 e. The summed E-state index contributed by atoms with van der Waals surface area (Å²) in [6, 6.07) is 7.78. The minimum absolute atomic E-state index is 0.559. The van der Waals surface area contributed by atoms with Crippen LogP contribution in [0.3, 0.4) is 0 Å². The summed E-state index contributed by atoms with van der Waals surface area (Å²) < 4.78 is 0. The molecule has 0 radical (unpaired) electrons. The van der Waals surface area contributed by atoms with Crippen LogP contribution >= 0.6 is 0 Å². The molecule has 4 N–H and O–H groups in total. The van der Waals surface area contributed by atoms with E-state index in [1.165, 1.54) is 12.8 Å². The Bertz CT molecular complexity index is 618. The van der Waals surface area contributed by atoms with Gasteiger partial charge in [0.15, 0.2) is 0 Å². The molecule has 1 fully saturated rings. The predicted molar refractivity (Wildman–Crippen MR) is 87.3 cm³/mol. The SMILES string of the molecule is Nc1c(NCC2(O)CCCCCC2)ccc2ncccc12. The molecule has 1 aliphatic rings. The van der Waals surface area contributed by atoms with E-state index >= 15 is 0 Å². The number of hydrogen-bond acceptors (Lipinski definition) is 4. The van der Waals surface area contributed by atoms with Gasteiger partial charge in [-0.05, 0) is 37.1 Å². The molecule has 4 heteroatoms. The second-order valence-corrected chi connectivity index (χ2v) is 6.09. The minimum atomic E-state index is -0.604. The van der Waals surface area contributed by atoms with Crippen LogP contribution in [0.1, 0.15) is 38.5 Å². The number of hydrogen-bond donors (Lipinski definition) is 3. The standard InChI is InChI=1S/C17H23N3O/c18-16-13-6-5-11-19-14(13)7-8-15(16)20-12-17(21)9-3-1-2-4-10-17/h5-8,11,20-21H,1-4,9-10,12,18H2. The van der Waals surface area contributed by atoms with Crippen LogP contribution in [0.15, 0.2) is 30.5 Å². The number of aromatic nitrogens is 1. The van der Waals surface area contributed by atoms with E-state index in [9.17, 15) is 5.11 Å². The molecule has 21 heavy (non-hydrogen) atoms. The lowest BCUT2D eigenvalue weighted by Gasteiger charge is -2.27. The molecule has 4 nitrogen and oxygen atoms in total. The summed E-state index contributed by atoms with van der Waals surface area (Å²) in [5.74, 6) is 0. The van der Waals surface area contributed by atoms with Crippen LogP contribution in [0.5, 0.6) is 0 Å². The summed E-state index contributed by atoms with van der Waals surface area (Å²) in [6.07, 6.45) is 8.18. The smallest absolute Gasteiger partial charge is 0.0819 e. The van der Waals surface area contributed by atoms with Crippen molar-refractivity contribution in [3.05, 3.63) is 30.5 Å². The van der Waals surface area contributed by atoms with Crippen molar-refractivity contribution in [1.29, 1.82) is 0 Å². The molecule has 1 aromatic carbocycles. The highest BCUT2D eigenvalue weighted by atomic mass is 16.3. The topological polar surface area (TPSA) is 71.2 Å². The molecule has 1 saturated carbocycles. The fourth-order valence-corrected chi connectivity index (χ4v) is 3.15. The molecule has 0 unspecified atom stereocenters. The Balaban J connectivity index is 1.77. The van der Waals surface area contributed by atoms with Crippen LogP contribution in [0, 0.1) is 0 Å². The normalized spacial score (nSPS) is 18.3. The molecule has 0 aliphatic heterocycles. The van der Waals surface area contributed by atoms with Gasteiger partial charge in [0.2, 0.25) is 0 Å². The van der Waals surface area contributed by atoms with Crippen LogP contribution in [-0.2, 0) is 0 Å². The predicted octanol–water partition coefficient (Wildman–Crippen LogP) is 3.31. The minimum Gasteiger partial charge on any atom is -0.397 e. The monoisotopic (exact) mass is 285 g/mol. The lowest BCUT2D eigenvalue weighted by Crippen LogP contribution is -2.36. The van der Waals surface area contributed by atoms with Gasteiger partial charge < -0.3 is 16.2 Å². The third-order valence-electron chi connectivity index (χ3n) is 4.47. The van der Waals surface area contributed by atoms with Crippen LogP contribution in [0.2, 0.25) is 0 Å². The fraction of sp³-hybridized carbons (Fsp3) is 0.471. The summed E-state index contributed by atoms with van der Waals surface area (Å²) in [5.41, 5.74) is 8.11. The van der Waals surface area contributed by atoms with Crippen molar-refractivity contribution < 1.29 is 5.11 Å². The quantitative estimate of drug-likeness (QED) is 0.597. The molecule has 0 saturated heterocycles. The van der Waals surface area contributed by atoms with Crippen molar-refractivity contribution in [2.45, 2.75) is 44.1 Å². The van der Waals surface area contributed by atoms with Gasteiger partial charge in [0, 0.05) is 18.1 Å². The number of nitrogen functional groups attached to an aromatic ring is 1. The summed E-state index contributed by atoms with van der Waals surface area (Å²) in [7, 11) is 0. The van der Waals surface area contributed by atoms with E-state index in [2.05, 4.69) is 10.3 Å². The highest BCUT2D eigenvalue weighted by Crippen LogP contribution is 2.30. The molecule has 0 atom stereocenters. The van der Waals surface area contributed by atoms with Gasteiger partial charge in [-0.15, -0.1) is 0 Å². The summed E-state index contributed by atoms with van der Waals surface area (Å²) in [6.45, 7) is 0.559. The number of aliphatic hydroxyl groups is 1. The van der Waals surface area contributed by atoms with Crippen molar-refractivity contribution in [1.82, 2.24) is 4.98 Å². The van der Waals surface area contributed by atoms with Gasteiger partial charge in [0.25, 0.3) is 0 Å². The molecule has 1 aromatic heterocycles. The Morgan fingerprint density at radius 3 is 2.67 bits per heavy atom. The molecule has 1 heterocycles. The van der Waals surface area contributed by atoms with Crippen molar-refractivity contribution >= 4 is 22.3 Å². The first-order valence-corrected chi connectivity index (χ1v) is 7.77. The van der Waals surface area contributed by atoms with E-state index in [4.69, 9.17) is 5.73 Å². The summed E-state index contributed by atoms with van der Waals surface area (Å²) in [5, 5.41) is 15.0. The van der Waals surface area contributed by atoms with Gasteiger partial charge in [-0.3, -0.25) is 4.98 Å². The molecule has 0 amide bonds. The maximum absolute atomic E-state index is 10.7. The van der Waals surface area contributed by atoms with Crippen molar-refractivity contribution in [2.75, 3.05) is 17.6 Å². The van der Waals surface area contributed by atoms with E-state index < -0.39 is 5.60 Å². The average Bonchev–Trinajstić information content (AvgIpc) is 2.72. The molecule has 0 bridgehead atoms. The van der Waals surface area contributed by atoms with Crippen molar-refractivity contribution in [3.63, 3.8) is 0 Å². The van der Waals surface area contributed by atoms with Crippen molar-refractivity contribution in [2.24, 2.45) is 0 Å². The number of nitrogens with one attached hydrogen (secondary N) is 1. The highest BCUT2D eigenvalue weighted by Gasteiger charge is 2.27. The molecule has 2 aromatic rings. The number of nitrogens with two attached hydrogens (primary N) is 1. The molecular weight excluding hydrogens is 262 g/mol. The molecule has 112 valence electrons. The second kappa shape index (κ2) is 5.90. The van der Waals surface area contributed by atoms with Crippen molar-refractivity contribution in [3.8, 4) is 0 Å². The number of anilines is 2. The lowest BCUT2D eigenvalue weighted by molar-refractivity contribution is 0.0381.